The van der Waals surface area contributed by atoms with Crippen molar-refractivity contribution in [1.82, 2.24) is 15.5 Å². The van der Waals surface area contributed by atoms with Crippen molar-refractivity contribution < 1.29 is 14.0 Å². The molecule has 2 fully saturated rings. The van der Waals surface area contributed by atoms with Gasteiger partial charge in [-0.2, -0.15) is 0 Å². The van der Waals surface area contributed by atoms with Crippen LogP contribution in [0.4, 0.5) is 10.1 Å². The van der Waals surface area contributed by atoms with E-state index in [0.717, 1.165) is 64.1 Å². The number of benzene rings is 1. The molecule has 7 heteroatoms. The molecular weight excluding hydrogens is 359 g/mol. The normalized spacial score (nSPS) is 19.1. The highest BCUT2D eigenvalue weighted by Gasteiger charge is 2.20. The maximum absolute atomic E-state index is 13.0. The van der Waals surface area contributed by atoms with Gasteiger partial charge < -0.3 is 15.5 Å². The van der Waals surface area contributed by atoms with Crippen LogP contribution in [-0.2, 0) is 9.59 Å². The number of hydrogen-bond acceptors (Lipinski definition) is 4. The van der Waals surface area contributed by atoms with E-state index >= 15 is 0 Å². The molecule has 6 nitrogen and oxygen atoms in total. The quantitative estimate of drug-likeness (QED) is 0.595. The molecule has 1 saturated heterocycles. The number of nitrogens with zero attached hydrogens (tertiary/aromatic N) is 2. The SMILES string of the molecule is O=C(NCCN1CCN(c2ccc(F)cc2)CC1)C(=O)NC1CCCCCC1. The molecule has 3 rings (SSSR count). The highest BCUT2D eigenvalue weighted by molar-refractivity contribution is 6.35. The number of halogens is 1. The molecule has 0 aromatic heterocycles. The van der Waals surface area contributed by atoms with E-state index in [9.17, 15) is 14.0 Å². The van der Waals surface area contributed by atoms with E-state index in [2.05, 4.69) is 20.4 Å². The van der Waals surface area contributed by atoms with Crippen LogP contribution in [0.2, 0.25) is 0 Å². The second-order valence-corrected chi connectivity index (χ2v) is 7.72. The van der Waals surface area contributed by atoms with Gasteiger partial charge in [0.1, 0.15) is 5.82 Å². The Morgan fingerprint density at radius 1 is 0.929 bits per heavy atom. The van der Waals surface area contributed by atoms with Crippen molar-refractivity contribution in [3.63, 3.8) is 0 Å². The molecule has 1 aliphatic carbocycles. The third-order valence-corrected chi connectivity index (χ3v) is 5.67. The van der Waals surface area contributed by atoms with Gasteiger partial charge in [0.05, 0.1) is 0 Å². The number of anilines is 1. The molecule has 28 heavy (non-hydrogen) atoms. The maximum Gasteiger partial charge on any atom is 0.309 e. The smallest absolute Gasteiger partial charge is 0.309 e. The van der Waals surface area contributed by atoms with Gasteiger partial charge in [-0.05, 0) is 37.1 Å². The zero-order valence-corrected chi connectivity index (χ0v) is 16.5. The summed E-state index contributed by atoms with van der Waals surface area (Å²) in [4.78, 5) is 28.6. The Morgan fingerprint density at radius 2 is 1.57 bits per heavy atom. The molecule has 1 aliphatic heterocycles. The number of piperazine rings is 1. The average molecular weight is 391 g/mol. The third kappa shape index (κ3) is 6.19. The highest BCUT2D eigenvalue weighted by Crippen LogP contribution is 2.17. The van der Waals surface area contributed by atoms with Crippen molar-refractivity contribution in [1.29, 1.82) is 0 Å². The monoisotopic (exact) mass is 390 g/mol. The van der Waals surface area contributed by atoms with Crippen molar-refractivity contribution in [2.45, 2.75) is 44.6 Å². The van der Waals surface area contributed by atoms with E-state index in [0.29, 0.717) is 6.54 Å². The van der Waals surface area contributed by atoms with Crippen LogP contribution in [0.3, 0.4) is 0 Å². The lowest BCUT2D eigenvalue weighted by atomic mass is 10.1. The Kier molecular flexibility index (Phi) is 7.65. The molecule has 1 heterocycles. The summed E-state index contributed by atoms with van der Waals surface area (Å²) < 4.78 is 13.0. The number of hydrogen-bond donors (Lipinski definition) is 2. The number of amides is 2. The van der Waals surface area contributed by atoms with Crippen LogP contribution in [0.1, 0.15) is 38.5 Å². The summed E-state index contributed by atoms with van der Waals surface area (Å²) in [7, 11) is 0. The summed E-state index contributed by atoms with van der Waals surface area (Å²) in [6.45, 7) is 4.67. The van der Waals surface area contributed by atoms with Gasteiger partial charge in [0.2, 0.25) is 0 Å². The summed E-state index contributed by atoms with van der Waals surface area (Å²) >= 11 is 0. The van der Waals surface area contributed by atoms with E-state index in [1.54, 1.807) is 12.1 Å². The standard InChI is InChI=1S/C21H31FN4O2/c22-17-7-9-19(10-8-17)26-15-13-25(14-16-26)12-11-23-20(27)21(28)24-18-5-3-1-2-4-6-18/h7-10,18H,1-6,11-16H2,(H,23,27)(H,24,28). The molecule has 0 spiro atoms. The molecular formula is C21H31FN4O2. The van der Waals surface area contributed by atoms with Gasteiger partial charge in [-0.3, -0.25) is 14.5 Å². The van der Waals surface area contributed by atoms with Gasteiger partial charge in [0.15, 0.2) is 0 Å². The first-order chi connectivity index (χ1) is 13.6. The van der Waals surface area contributed by atoms with Gasteiger partial charge in [-0.25, -0.2) is 4.39 Å². The van der Waals surface area contributed by atoms with Crippen LogP contribution < -0.4 is 15.5 Å². The molecule has 0 bridgehead atoms. The first-order valence-electron chi connectivity index (χ1n) is 10.4. The molecule has 1 aromatic rings. The number of carbonyl (C=O) groups excluding carboxylic acids is 2. The fourth-order valence-corrected chi connectivity index (χ4v) is 3.96. The van der Waals surface area contributed by atoms with Crippen LogP contribution in [0.15, 0.2) is 24.3 Å². The van der Waals surface area contributed by atoms with Crippen LogP contribution >= 0.6 is 0 Å². The van der Waals surface area contributed by atoms with E-state index in [-0.39, 0.29) is 11.9 Å². The second-order valence-electron chi connectivity index (χ2n) is 7.72. The molecule has 1 saturated carbocycles. The first kappa shape index (κ1) is 20.6. The molecule has 2 amide bonds. The number of rotatable bonds is 5. The van der Waals surface area contributed by atoms with E-state index in [4.69, 9.17) is 0 Å². The van der Waals surface area contributed by atoms with Gasteiger partial charge in [-0.1, -0.05) is 25.7 Å². The zero-order valence-electron chi connectivity index (χ0n) is 16.5. The minimum Gasteiger partial charge on any atom is -0.369 e. The molecule has 2 aliphatic rings. The average Bonchev–Trinajstić information content (AvgIpc) is 2.98. The van der Waals surface area contributed by atoms with Crippen molar-refractivity contribution in [3.05, 3.63) is 30.1 Å². The van der Waals surface area contributed by atoms with Crippen LogP contribution in [0.25, 0.3) is 0 Å². The zero-order chi connectivity index (χ0) is 19.8. The van der Waals surface area contributed by atoms with Gasteiger partial charge >= 0.3 is 11.8 Å². The van der Waals surface area contributed by atoms with Crippen LogP contribution in [0.5, 0.6) is 0 Å². The minimum absolute atomic E-state index is 0.139. The summed E-state index contributed by atoms with van der Waals surface area (Å²) in [5, 5.41) is 5.61. The first-order valence-corrected chi connectivity index (χ1v) is 10.4. The Balaban J connectivity index is 1.32. The lowest BCUT2D eigenvalue weighted by Gasteiger charge is -2.36. The number of carbonyl (C=O) groups is 2. The predicted octanol–water partition coefficient (Wildman–Crippen LogP) is 1.90. The van der Waals surface area contributed by atoms with Crippen molar-refractivity contribution >= 4 is 17.5 Å². The van der Waals surface area contributed by atoms with E-state index < -0.39 is 11.8 Å². The molecule has 0 radical (unpaired) electrons. The molecule has 0 atom stereocenters. The van der Waals surface area contributed by atoms with Gasteiger partial charge in [0, 0.05) is 51.0 Å². The van der Waals surface area contributed by atoms with Crippen molar-refractivity contribution in [2.75, 3.05) is 44.2 Å². The largest absolute Gasteiger partial charge is 0.369 e. The molecule has 154 valence electrons. The molecule has 0 unspecified atom stereocenters. The minimum atomic E-state index is -0.533. The summed E-state index contributed by atoms with van der Waals surface area (Å²) in [6.07, 6.45) is 6.61. The highest BCUT2D eigenvalue weighted by atomic mass is 19.1. The lowest BCUT2D eigenvalue weighted by Crippen LogP contribution is -2.50. The fourth-order valence-electron chi connectivity index (χ4n) is 3.96. The maximum atomic E-state index is 13.0. The van der Waals surface area contributed by atoms with Crippen molar-refractivity contribution in [3.8, 4) is 0 Å². The summed E-state index contributed by atoms with van der Waals surface area (Å²) in [6, 6.07) is 6.71. The third-order valence-electron chi connectivity index (χ3n) is 5.67. The lowest BCUT2D eigenvalue weighted by molar-refractivity contribution is -0.139. The topological polar surface area (TPSA) is 64.7 Å². The Hall–Kier alpha value is -2.15. The van der Waals surface area contributed by atoms with Crippen LogP contribution in [0, 0.1) is 5.82 Å². The fraction of sp³-hybridized carbons (Fsp3) is 0.619. The Labute approximate surface area is 166 Å². The number of nitrogens with one attached hydrogen (secondary N) is 2. The second kappa shape index (κ2) is 10.4. The predicted molar refractivity (Wildman–Crippen MR) is 108 cm³/mol. The molecule has 1 aromatic carbocycles. The van der Waals surface area contributed by atoms with Gasteiger partial charge in [-0.15, -0.1) is 0 Å². The molecule has 2 N–H and O–H groups in total. The van der Waals surface area contributed by atoms with Gasteiger partial charge in [0.25, 0.3) is 0 Å². The van der Waals surface area contributed by atoms with Crippen LogP contribution in [-0.4, -0.2) is 62.0 Å². The van der Waals surface area contributed by atoms with E-state index in [1.807, 2.05) is 0 Å². The summed E-state index contributed by atoms with van der Waals surface area (Å²) in [5.41, 5.74) is 1.03. The van der Waals surface area contributed by atoms with Crippen molar-refractivity contribution in [2.24, 2.45) is 0 Å². The Morgan fingerprint density at radius 3 is 2.21 bits per heavy atom. The van der Waals surface area contributed by atoms with E-state index in [1.165, 1.54) is 25.0 Å². The Bertz CT molecular complexity index is 636. The summed E-state index contributed by atoms with van der Waals surface area (Å²) in [5.74, 6) is -1.26.